The largest absolute Gasteiger partial charge is 0.373 e. The van der Waals surface area contributed by atoms with Crippen LogP contribution >= 0.6 is 0 Å². The van der Waals surface area contributed by atoms with E-state index < -0.39 is 0 Å². The maximum Gasteiger partial charge on any atom is 0.240 e. The van der Waals surface area contributed by atoms with Gasteiger partial charge in [0.15, 0.2) is 0 Å². The third-order valence-electron chi connectivity index (χ3n) is 4.68. The summed E-state index contributed by atoms with van der Waals surface area (Å²) in [5, 5.41) is 0. The molecule has 3 fully saturated rings. The fraction of sp³-hybridized carbons (Fsp3) is 0.467. The quantitative estimate of drug-likeness (QED) is 0.734. The van der Waals surface area contributed by atoms with Gasteiger partial charge in [-0.3, -0.25) is 9.59 Å². The van der Waals surface area contributed by atoms with Gasteiger partial charge in [-0.2, -0.15) is 0 Å². The first kappa shape index (κ1) is 12.0. The lowest BCUT2D eigenvalue weighted by Gasteiger charge is -2.18. The third kappa shape index (κ3) is 1.38. The molecule has 0 N–H and O–H groups in total. The predicted molar refractivity (Wildman–Crippen MR) is 68.5 cm³/mol. The van der Waals surface area contributed by atoms with Gasteiger partial charge in [0.25, 0.3) is 0 Å². The van der Waals surface area contributed by atoms with Gasteiger partial charge in [0.05, 0.1) is 29.7 Å². The molecule has 2 bridgehead atoms. The summed E-state index contributed by atoms with van der Waals surface area (Å²) in [6.07, 6.45) is 1.46. The highest BCUT2D eigenvalue weighted by atomic mass is 19.1. The van der Waals surface area contributed by atoms with Crippen LogP contribution in [0, 0.1) is 24.6 Å². The Labute approximate surface area is 115 Å². The highest BCUT2D eigenvalue weighted by Crippen LogP contribution is 2.49. The van der Waals surface area contributed by atoms with E-state index in [0.29, 0.717) is 11.3 Å². The zero-order valence-electron chi connectivity index (χ0n) is 11.0. The van der Waals surface area contributed by atoms with Crippen LogP contribution in [-0.2, 0) is 14.3 Å². The van der Waals surface area contributed by atoms with Crippen LogP contribution in [0.25, 0.3) is 0 Å². The average Bonchev–Trinajstić information content (AvgIpc) is 3.08. The molecule has 4 unspecified atom stereocenters. The second kappa shape index (κ2) is 3.88. The Balaban J connectivity index is 1.74. The first-order chi connectivity index (χ1) is 9.58. The third-order valence-corrected chi connectivity index (χ3v) is 4.68. The predicted octanol–water partition coefficient (Wildman–Crippen LogP) is 1.80. The van der Waals surface area contributed by atoms with Crippen molar-refractivity contribution in [1.82, 2.24) is 0 Å². The number of imide groups is 1. The van der Waals surface area contributed by atoms with Gasteiger partial charge in [0, 0.05) is 0 Å². The Morgan fingerprint density at radius 3 is 2.30 bits per heavy atom. The first-order valence-corrected chi connectivity index (χ1v) is 6.87. The number of carbonyl (C=O) groups is 2. The van der Waals surface area contributed by atoms with Crippen molar-refractivity contribution in [2.24, 2.45) is 11.8 Å². The second-order valence-electron chi connectivity index (χ2n) is 5.79. The van der Waals surface area contributed by atoms with Crippen LogP contribution < -0.4 is 4.90 Å². The second-order valence-corrected chi connectivity index (χ2v) is 5.79. The topological polar surface area (TPSA) is 46.6 Å². The van der Waals surface area contributed by atoms with Crippen molar-refractivity contribution in [3.05, 3.63) is 29.6 Å². The lowest BCUT2D eigenvalue weighted by atomic mass is 9.81. The molecular formula is C15H14FNO3. The molecule has 3 saturated heterocycles. The average molecular weight is 275 g/mol. The van der Waals surface area contributed by atoms with E-state index in [1.165, 1.54) is 17.0 Å². The number of carbonyl (C=O) groups excluding carboxylic acids is 2. The van der Waals surface area contributed by atoms with Crippen molar-refractivity contribution < 1.29 is 18.7 Å². The molecule has 0 aliphatic carbocycles. The van der Waals surface area contributed by atoms with E-state index in [-0.39, 0.29) is 41.7 Å². The van der Waals surface area contributed by atoms with Gasteiger partial charge in [0.1, 0.15) is 5.82 Å². The molecule has 0 aromatic heterocycles. The Kier molecular flexibility index (Phi) is 2.33. The number of fused-ring (bicyclic) bond motifs is 5. The lowest BCUT2D eigenvalue weighted by Crippen LogP contribution is -2.34. The van der Waals surface area contributed by atoms with Crippen LogP contribution in [0.4, 0.5) is 10.1 Å². The highest BCUT2D eigenvalue weighted by molar-refractivity contribution is 6.22. The molecule has 3 aliphatic heterocycles. The van der Waals surface area contributed by atoms with E-state index in [9.17, 15) is 14.0 Å². The summed E-state index contributed by atoms with van der Waals surface area (Å²) in [4.78, 5) is 26.2. The molecule has 4 nitrogen and oxygen atoms in total. The molecule has 0 radical (unpaired) electrons. The molecule has 5 heteroatoms. The molecule has 4 rings (SSSR count). The fourth-order valence-electron chi connectivity index (χ4n) is 3.73. The van der Waals surface area contributed by atoms with Crippen molar-refractivity contribution in [2.75, 3.05) is 4.90 Å². The Bertz CT molecular complexity index is 602. The Morgan fingerprint density at radius 1 is 1.15 bits per heavy atom. The van der Waals surface area contributed by atoms with Crippen molar-refractivity contribution >= 4 is 17.5 Å². The number of amides is 2. The fourth-order valence-corrected chi connectivity index (χ4v) is 3.73. The summed E-state index contributed by atoms with van der Waals surface area (Å²) in [7, 11) is 0. The maximum atomic E-state index is 13.3. The van der Waals surface area contributed by atoms with Crippen molar-refractivity contribution in [2.45, 2.75) is 32.0 Å². The van der Waals surface area contributed by atoms with Crippen molar-refractivity contribution in [3.8, 4) is 0 Å². The van der Waals surface area contributed by atoms with E-state index in [4.69, 9.17) is 4.74 Å². The molecule has 104 valence electrons. The summed E-state index contributed by atoms with van der Waals surface area (Å²) in [5.41, 5.74) is 0.895. The number of benzene rings is 1. The summed E-state index contributed by atoms with van der Waals surface area (Å²) in [5.74, 6) is -1.41. The molecule has 3 aliphatic rings. The molecular weight excluding hydrogens is 261 g/mol. The van der Waals surface area contributed by atoms with E-state index in [2.05, 4.69) is 0 Å². The van der Waals surface area contributed by atoms with E-state index >= 15 is 0 Å². The minimum Gasteiger partial charge on any atom is -0.373 e. The molecule has 1 aromatic carbocycles. The summed E-state index contributed by atoms with van der Waals surface area (Å²) in [6, 6.07) is 4.33. The summed E-state index contributed by atoms with van der Waals surface area (Å²) < 4.78 is 19.0. The zero-order valence-corrected chi connectivity index (χ0v) is 11.0. The van der Waals surface area contributed by atoms with Crippen LogP contribution in [0.5, 0.6) is 0 Å². The van der Waals surface area contributed by atoms with Gasteiger partial charge in [-0.05, 0) is 43.5 Å². The number of nitrogens with zero attached hydrogens (tertiary/aromatic N) is 1. The van der Waals surface area contributed by atoms with Crippen LogP contribution in [0.2, 0.25) is 0 Å². The Morgan fingerprint density at radius 2 is 1.75 bits per heavy atom. The molecule has 0 spiro atoms. The number of anilines is 1. The minimum atomic E-state index is -0.341. The number of rotatable bonds is 1. The van der Waals surface area contributed by atoms with E-state index in [1.807, 2.05) is 0 Å². The van der Waals surface area contributed by atoms with E-state index in [1.54, 1.807) is 13.0 Å². The Hall–Kier alpha value is -1.75. The zero-order chi connectivity index (χ0) is 14.0. The molecule has 4 atom stereocenters. The van der Waals surface area contributed by atoms with Gasteiger partial charge in [-0.25, -0.2) is 9.29 Å². The van der Waals surface area contributed by atoms with Crippen molar-refractivity contribution in [1.29, 1.82) is 0 Å². The molecule has 3 heterocycles. The van der Waals surface area contributed by atoms with Gasteiger partial charge in [0.2, 0.25) is 11.8 Å². The van der Waals surface area contributed by atoms with Crippen LogP contribution in [-0.4, -0.2) is 24.0 Å². The van der Waals surface area contributed by atoms with Gasteiger partial charge < -0.3 is 4.74 Å². The van der Waals surface area contributed by atoms with Crippen LogP contribution in [0.15, 0.2) is 18.2 Å². The lowest BCUT2D eigenvalue weighted by molar-refractivity contribution is -0.124. The number of aryl methyl sites for hydroxylation is 1. The molecule has 2 amide bonds. The first-order valence-electron chi connectivity index (χ1n) is 6.87. The summed E-state index contributed by atoms with van der Waals surface area (Å²) in [6.45, 7) is 1.62. The smallest absolute Gasteiger partial charge is 0.240 e. The minimum absolute atomic E-state index is 0.118. The summed E-state index contributed by atoms with van der Waals surface area (Å²) >= 11 is 0. The van der Waals surface area contributed by atoms with E-state index in [0.717, 1.165) is 12.8 Å². The number of halogens is 1. The van der Waals surface area contributed by atoms with Gasteiger partial charge >= 0.3 is 0 Å². The SMILES string of the molecule is Cc1cc(N2C(=O)C3C4CCC(O4)C3C2=O)ccc1F. The number of hydrogen-bond acceptors (Lipinski definition) is 3. The molecule has 0 saturated carbocycles. The van der Waals surface area contributed by atoms with Crippen LogP contribution in [0.1, 0.15) is 18.4 Å². The molecule has 1 aromatic rings. The number of hydrogen-bond donors (Lipinski definition) is 0. The standard InChI is InChI=1S/C15H14FNO3/c1-7-6-8(2-3-9(7)16)17-14(18)12-10-4-5-11(20-10)13(12)15(17)19/h2-3,6,10-13H,4-5H2,1H3. The van der Waals surface area contributed by atoms with Gasteiger partial charge in [-0.1, -0.05) is 0 Å². The molecule has 20 heavy (non-hydrogen) atoms. The normalized spacial score (nSPS) is 35.0. The number of ether oxygens (including phenoxy) is 1. The van der Waals surface area contributed by atoms with Crippen LogP contribution in [0.3, 0.4) is 0 Å². The monoisotopic (exact) mass is 275 g/mol. The highest BCUT2D eigenvalue weighted by Gasteiger charge is 2.62. The van der Waals surface area contributed by atoms with Gasteiger partial charge in [-0.15, -0.1) is 0 Å². The maximum absolute atomic E-state index is 13.3. The van der Waals surface area contributed by atoms with Crippen molar-refractivity contribution in [3.63, 3.8) is 0 Å².